The Balaban J connectivity index is 0.000000164. The summed E-state index contributed by atoms with van der Waals surface area (Å²) in [5.74, 6) is 6.29. The number of halogens is 4. The van der Waals surface area contributed by atoms with Gasteiger partial charge in [-0.1, -0.05) is 31.9 Å². The Hall–Kier alpha value is -3.88. The zero-order valence-electron chi connectivity index (χ0n) is 32.9. The number of anilines is 4. The predicted molar refractivity (Wildman–Crippen MR) is 244 cm³/mol. The number of rotatable bonds is 12. The van der Waals surface area contributed by atoms with E-state index >= 15 is 0 Å². The van der Waals surface area contributed by atoms with E-state index in [1.165, 1.54) is 43.0 Å². The van der Waals surface area contributed by atoms with E-state index in [1.807, 2.05) is 61.6 Å². The number of epoxide rings is 1. The van der Waals surface area contributed by atoms with E-state index in [9.17, 15) is 13.9 Å². The SMILES string of the molecule is C1CSCN1.Cc1cc2c(Nc3ccc(Br)cc3F)ncnc2cc1OCC(O)CN1CCSC1.Cc1cc2c(Nc3ccc(Br)cc3F)ncnc2cc1OCC1CO1. The van der Waals surface area contributed by atoms with E-state index < -0.39 is 6.10 Å². The summed E-state index contributed by atoms with van der Waals surface area (Å²) in [5.41, 5.74) is 3.94. The lowest BCUT2D eigenvalue weighted by Crippen LogP contribution is -2.33. The van der Waals surface area contributed by atoms with Gasteiger partial charge in [-0.05, 0) is 73.5 Å². The van der Waals surface area contributed by atoms with Crippen molar-refractivity contribution in [1.82, 2.24) is 30.2 Å². The van der Waals surface area contributed by atoms with Crippen molar-refractivity contribution in [3.63, 3.8) is 0 Å². The second-order valence-electron chi connectivity index (χ2n) is 14.1. The Morgan fingerprint density at radius 1 is 0.833 bits per heavy atom. The molecule has 6 aromatic rings. The number of aryl methyl sites for hydroxylation is 2. The molecule has 0 amide bonds. The molecule has 316 valence electrons. The van der Waals surface area contributed by atoms with Crippen molar-refractivity contribution in [2.75, 3.05) is 73.3 Å². The van der Waals surface area contributed by atoms with E-state index in [0.29, 0.717) is 56.4 Å². The van der Waals surface area contributed by atoms with Crippen LogP contribution < -0.4 is 25.4 Å². The van der Waals surface area contributed by atoms with Gasteiger partial charge in [-0.15, -0.1) is 23.5 Å². The van der Waals surface area contributed by atoms with Crippen LogP contribution in [0.15, 0.2) is 82.3 Å². The molecule has 0 saturated carbocycles. The van der Waals surface area contributed by atoms with Crippen LogP contribution in [-0.2, 0) is 4.74 Å². The van der Waals surface area contributed by atoms with Gasteiger partial charge in [-0.2, -0.15) is 0 Å². The van der Waals surface area contributed by atoms with Gasteiger partial charge in [0.25, 0.3) is 0 Å². The van der Waals surface area contributed by atoms with Gasteiger partial charge in [0.05, 0.1) is 29.0 Å². The smallest absolute Gasteiger partial charge is 0.147 e. The van der Waals surface area contributed by atoms with Crippen LogP contribution in [-0.4, -0.2) is 105 Å². The number of benzene rings is 4. The fourth-order valence-electron chi connectivity index (χ4n) is 6.17. The van der Waals surface area contributed by atoms with Gasteiger partial charge in [0.15, 0.2) is 0 Å². The number of aliphatic hydroxyl groups excluding tert-OH is 1. The molecule has 3 aliphatic heterocycles. The Bertz CT molecular complexity index is 2400. The topological polar surface area (TPSA) is 142 Å². The van der Waals surface area contributed by atoms with Gasteiger partial charge < -0.3 is 35.3 Å². The molecule has 4 N–H and O–H groups in total. The first-order valence-corrected chi connectivity index (χ1v) is 23.1. The maximum Gasteiger partial charge on any atom is 0.147 e. The maximum atomic E-state index is 14.2. The van der Waals surface area contributed by atoms with Crippen LogP contribution in [0.1, 0.15) is 11.1 Å². The van der Waals surface area contributed by atoms with Gasteiger partial charge in [0.2, 0.25) is 0 Å². The summed E-state index contributed by atoms with van der Waals surface area (Å²) < 4.78 is 46.5. The lowest BCUT2D eigenvalue weighted by molar-refractivity contribution is 0.0777. The lowest BCUT2D eigenvalue weighted by atomic mass is 10.1. The number of ether oxygens (including phenoxy) is 3. The second kappa shape index (κ2) is 21.3. The maximum absolute atomic E-state index is 14.2. The molecule has 4 aromatic carbocycles. The monoisotopic (exact) mass is 984 g/mol. The second-order valence-corrected chi connectivity index (χ2v) is 18.1. The van der Waals surface area contributed by atoms with Crippen LogP contribution in [0, 0.1) is 25.5 Å². The third-order valence-corrected chi connectivity index (χ3v) is 12.3. The van der Waals surface area contributed by atoms with E-state index in [4.69, 9.17) is 14.2 Å². The standard InChI is InChI=1S/C21H22BrFN4O2S.C18H15BrFN3O2.C3H7NS/c1-13-6-16-19(8-20(13)29-10-15(28)9-27-4-5-30-12-27)24-11-25-21(16)26-18-3-2-14(22)7-17(18)23;1-10-4-13-16(6-17(10)25-8-12-7-24-12)21-9-22-18(13)23-15-3-2-11(19)5-14(15)20;1-2-5-3-4-1/h2-3,6-8,11,15,28H,4-5,9-10,12H2,1H3,(H,24,25,26);2-6,9,12H,7-8H2,1H3,(H,21,22,23);4H,1-3H2. The first-order valence-electron chi connectivity index (χ1n) is 19.2. The van der Waals surface area contributed by atoms with Gasteiger partial charge in [-0.25, -0.2) is 28.7 Å². The van der Waals surface area contributed by atoms with Crippen molar-refractivity contribution in [2.45, 2.75) is 26.1 Å². The van der Waals surface area contributed by atoms with Gasteiger partial charge in [0, 0.05) is 74.7 Å². The minimum Gasteiger partial charge on any atom is -0.490 e. The fraction of sp³-hybridized carbons (Fsp3) is 0.333. The number of aromatic nitrogens is 4. The van der Waals surface area contributed by atoms with E-state index in [0.717, 1.165) is 57.9 Å². The molecular formula is C42H44Br2F2N8O4S2. The van der Waals surface area contributed by atoms with Gasteiger partial charge >= 0.3 is 0 Å². The summed E-state index contributed by atoms with van der Waals surface area (Å²) >= 11 is 10.3. The third-order valence-electron chi connectivity index (χ3n) is 9.41. The quantitative estimate of drug-likeness (QED) is 0.0867. The van der Waals surface area contributed by atoms with Gasteiger partial charge in [-0.3, -0.25) is 4.90 Å². The molecule has 2 atom stereocenters. The van der Waals surface area contributed by atoms with E-state index in [2.05, 4.69) is 72.6 Å². The number of nitrogens with zero attached hydrogens (tertiary/aromatic N) is 5. The molecule has 3 saturated heterocycles. The summed E-state index contributed by atoms with van der Waals surface area (Å²) in [4.78, 5) is 19.4. The zero-order chi connectivity index (χ0) is 42.0. The Morgan fingerprint density at radius 2 is 1.42 bits per heavy atom. The Labute approximate surface area is 372 Å². The molecule has 5 heterocycles. The van der Waals surface area contributed by atoms with Crippen molar-refractivity contribution in [1.29, 1.82) is 0 Å². The van der Waals surface area contributed by atoms with Crippen LogP contribution >= 0.6 is 55.4 Å². The number of thioether (sulfide) groups is 2. The minimum absolute atomic E-state index is 0.193. The van der Waals surface area contributed by atoms with Gasteiger partial charge in [0.1, 0.15) is 72.8 Å². The van der Waals surface area contributed by atoms with Crippen LogP contribution in [0.4, 0.5) is 31.8 Å². The van der Waals surface area contributed by atoms with Crippen LogP contribution in [0.3, 0.4) is 0 Å². The highest BCUT2D eigenvalue weighted by Crippen LogP contribution is 2.33. The lowest BCUT2D eigenvalue weighted by Gasteiger charge is -2.19. The minimum atomic E-state index is -0.554. The molecule has 0 spiro atoms. The average Bonchev–Trinajstić information content (AvgIpc) is 3.58. The third kappa shape index (κ3) is 12.4. The summed E-state index contributed by atoms with van der Waals surface area (Å²) in [6.07, 6.45) is 2.52. The highest BCUT2D eigenvalue weighted by Gasteiger charge is 2.24. The summed E-state index contributed by atoms with van der Waals surface area (Å²) in [6, 6.07) is 17.2. The number of aliphatic hydroxyl groups is 1. The van der Waals surface area contributed by atoms with Crippen molar-refractivity contribution in [3.05, 3.63) is 105 Å². The van der Waals surface area contributed by atoms with E-state index in [-0.39, 0.29) is 24.3 Å². The summed E-state index contributed by atoms with van der Waals surface area (Å²) in [6.45, 7) is 8.21. The molecule has 3 fully saturated rings. The number of β-amino-alcohol motifs (C(OH)–C–C–N with tert-alkyl or cyclic N) is 1. The number of fused-ring (bicyclic) bond motifs is 2. The molecule has 2 unspecified atom stereocenters. The number of hydrogen-bond acceptors (Lipinski definition) is 14. The molecule has 0 aliphatic carbocycles. The normalized spacial score (nSPS) is 16.4. The molecule has 18 heteroatoms. The predicted octanol–water partition coefficient (Wildman–Crippen LogP) is 8.97. The van der Waals surface area contributed by atoms with Crippen molar-refractivity contribution >= 4 is 100 Å². The highest BCUT2D eigenvalue weighted by molar-refractivity contribution is 9.10. The molecule has 3 aliphatic rings. The number of nitrogens with one attached hydrogen (secondary N) is 3. The molecular weight excluding hydrogens is 942 g/mol. The Kier molecular flexibility index (Phi) is 15.7. The molecule has 12 nitrogen and oxygen atoms in total. The van der Waals surface area contributed by atoms with Crippen LogP contribution in [0.5, 0.6) is 11.5 Å². The van der Waals surface area contributed by atoms with Crippen molar-refractivity contribution in [3.8, 4) is 11.5 Å². The fourth-order valence-corrected chi connectivity index (χ4v) is 8.57. The molecule has 9 rings (SSSR count). The average molecular weight is 987 g/mol. The molecule has 2 aromatic heterocycles. The summed E-state index contributed by atoms with van der Waals surface area (Å²) in [5, 5.41) is 21.1. The van der Waals surface area contributed by atoms with Crippen molar-refractivity contribution in [2.24, 2.45) is 0 Å². The molecule has 0 bridgehead atoms. The molecule has 0 radical (unpaired) electrons. The van der Waals surface area contributed by atoms with Crippen LogP contribution in [0.2, 0.25) is 0 Å². The number of hydrogen-bond donors (Lipinski definition) is 4. The zero-order valence-corrected chi connectivity index (χ0v) is 37.7. The first-order chi connectivity index (χ1) is 29.1. The molecule has 60 heavy (non-hydrogen) atoms. The van der Waals surface area contributed by atoms with Crippen LogP contribution in [0.25, 0.3) is 21.8 Å². The van der Waals surface area contributed by atoms with E-state index in [1.54, 1.807) is 24.3 Å². The summed E-state index contributed by atoms with van der Waals surface area (Å²) in [7, 11) is 0. The highest BCUT2D eigenvalue weighted by atomic mass is 79.9. The first kappa shape index (κ1) is 44.2. The largest absolute Gasteiger partial charge is 0.490 e. The van der Waals surface area contributed by atoms with Crippen molar-refractivity contribution < 1.29 is 28.1 Å². The Morgan fingerprint density at radius 3 is 1.88 bits per heavy atom.